The van der Waals surface area contributed by atoms with Gasteiger partial charge in [-0.15, -0.1) is 0 Å². The number of nitrogens with zero attached hydrogens (tertiary/aromatic N) is 1. The van der Waals surface area contributed by atoms with Crippen molar-refractivity contribution >= 4 is 0 Å². The largest absolute Gasteiger partial charge is 0.362 e. The lowest BCUT2D eigenvalue weighted by Gasteiger charge is -2.44. The summed E-state index contributed by atoms with van der Waals surface area (Å²) in [7, 11) is 2.78. The fourth-order valence-corrected chi connectivity index (χ4v) is 2.70. The number of aliphatic hydroxyl groups is 1. The summed E-state index contributed by atoms with van der Waals surface area (Å²) in [5.74, 6) is -3.50. The maximum atomic E-state index is 10.5. The zero-order valence-corrected chi connectivity index (χ0v) is 15.7. The van der Waals surface area contributed by atoms with Gasteiger partial charge >= 0.3 is 0 Å². The smallest absolute Gasteiger partial charge is 0.220 e. The van der Waals surface area contributed by atoms with E-state index in [1.54, 1.807) is 6.92 Å². The molecule has 1 aromatic carbocycles. The molecular weight excluding hydrogens is 338 g/mol. The Bertz CT molecular complexity index is 602. The standard InChI is InChI=1S/C19H27NO6/c1-18(21,22-3)19(2,23-4)26-16-10-15(11-20)13-25-17(16)24-12-14-8-6-5-7-9-14/h5-9,15-17,21H,10,12-13H2,1-4H3/t15-,16+,17-,18?,19+/m1/s1. The van der Waals surface area contributed by atoms with Crippen molar-refractivity contribution < 1.29 is 28.8 Å². The molecular formula is C19H27NO6. The molecule has 1 saturated heterocycles. The Balaban J connectivity index is 2.12. The fraction of sp³-hybridized carbons (Fsp3) is 0.632. The third-order valence-corrected chi connectivity index (χ3v) is 4.73. The van der Waals surface area contributed by atoms with Crippen molar-refractivity contribution in [1.82, 2.24) is 0 Å². The second-order valence-corrected chi connectivity index (χ2v) is 6.55. The van der Waals surface area contributed by atoms with E-state index in [0.29, 0.717) is 13.0 Å². The third kappa shape index (κ3) is 4.80. The third-order valence-electron chi connectivity index (χ3n) is 4.73. The fourth-order valence-electron chi connectivity index (χ4n) is 2.70. The van der Waals surface area contributed by atoms with Gasteiger partial charge in [-0.3, -0.25) is 0 Å². The van der Waals surface area contributed by atoms with E-state index in [9.17, 15) is 10.4 Å². The first-order valence-electron chi connectivity index (χ1n) is 8.52. The van der Waals surface area contributed by atoms with E-state index in [1.807, 2.05) is 30.3 Å². The minimum absolute atomic E-state index is 0.264. The number of nitriles is 1. The molecule has 0 radical (unpaired) electrons. The van der Waals surface area contributed by atoms with Crippen LogP contribution in [-0.4, -0.2) is 49.9 Å². The summed E-state index contributed by atoms with van der Waals surface area (Å²) in [5.41, 5.74) is 0.996. The van der Waals surface area contributed by atoms with E-state index in [-0.39, 0.29) is 12.5 Å². The summed E-state index contributed by atoms with van der Waals surface area (Å²) in [5, 5.41) is 19.7. The average molecular weight is 365 g/mol. The van der Waals surface area contributed by atoms with Crippen LogP contribution >= 0.6 is 0 Å². The molecule has 0 bridgehead atoms. The molecule has 2 rings (SSSR count). The van der Waals surface area contributed by atoms with Gasteiger partial charge in [0.15, 0.2) is 6.29 Å². The van der Waals surface area contributed by atoms with Crippen LogP contribution in [0.2, 0.25) is 0 Å². The van der Waals surface area contributed by atoms with Crippen LogP contribution in [0.15, 0.2) is 30.3 Å². The first kappa shape index (κ1) is 20.8. The van der Waals surface area contributed by atoms with Crippen LogP contribution in [-0.2, 0) is 30.3 Å². The molecule has 1 aliphatic rings. The zero-order valence-electron chi connectivity index (χ0n) is 15.7. The molecule has 1 fully saturated rings. The molecule has 1 N–H and O–H groups in total. The monoisotopic (exact) mass is 365 g/mol. The van der Waals surface area contributed by atoms with E-state index < -0.39 is 24.0 Å². The summed E-state index contributed by atoms with van der Waals surface area (Å²) in [4.78, 5) is 0. The van der Waals surface area contributed by atoms with Gasteiger partial charge in [0.05, 0.1) is 25.2 Å². The van der Waals surface area contributed by atoms with Crippen molar-refractivity contribution in [3.05, 3.63) is 35.9 Å². The minimum atomic E-state index is -1.70. The highest BCUT2D eigenvalue weighted by atomic mass is 16.8. The van der Waals surface area contributed by atoms with Gasteiger partial charge in [0.2, 0.25) is 11.6 Å². The Kier molecular flexibility index (Phi) is 7.12. The molecule has 1 aromatic rings. The lowest BCUT2D eigenvalue weighted by atomic mass is 9.99. The molecule has 0 spiro atoms. The summed E-state index contributed by atoms with van der Waals surface area (Å²) >= 11 is 0. The maximum absolute atomic E-state index is 10.5. The van der Waals surface area contributed by atoms with Crippen LogP contribution in [0.3, 0.4) is 0 Å². The first-order valence-corrected chi connectivity index (χ1v) is 8.52. The van der Waals surface area contributed by atoms with Crippen molar-refractivity contribution in [2.75, 3.05) is 20.8 Å². The Morgan fingerprint density at radius 3 is 2.50 bits per heavy atom. The van der Waals surface area contributed by atoms with Gasteiger partial charge in [-0.1, -0.05) is 30.3 Å². The van der Waals surface area contributed by atoms with Crippen molar-refractivity contribution in [3.63, 3.8) is 0 Å². The number of methoxy groups -OCH3 is 2. The molecule has 7 nitrogen and oxygen atoms in total. The number of hydrogen-bond donors (Lipinski definition) is 1. The average Bonchev–Trinajstić information content (AvgIpc) is 2.67. The Hall–Kier alpha value is -1.53. The predicted molar refractivity (Wildman–Crippen MR) is 92.6 cm³/mol. The highest BCUT2D eigenvalue weighted by molar-refractivity contribution is 5.13. The second-order valence-electron chi connectivity index (χ2n) is 6.55. The lowest BCUT2D eigenvalue weighted by Crippen LogP contribution is -2.58. The van der Waals surface area contributed by atoms with Gasteiger partial charge in [0, 0.05) is 14.2 Å². The number of benzene rings is 1. The minimum Gasteiger partial charge on any atom is -0.362 e. The molecule has 1 heterocycles. The van der Waals surface area contributed by atoms with E-state index in [1.165, 1.54) is 21.1 Å². The van der Waals surface area contributed by atoms with Gasteiger partial charge in [0.1, 0.15) is 6.10 Å². The highest BCUT2D eigenvalue weighted by Gasteiger charge is 2.49. The van der Waals surface area contributed by atoms with Crippen molar-refractivity contribution in [2.24, 2.45) is 5.92 Å². The van der Waals surface area contributed by atoms with E-state index in [0.717, 1.165) is 5.56 Å². The lowest BCUT2D eigenvalue weighted by molar-refractivity contribution is -0.401. The van der Waals surface area contributed by atoms with E-state index >= 15 is 0 Å². The molecule has 0 aromatic heterocycles. The summed E-state index contributed by atoms with van der Waals surface area (Å²) in [6.45, 7) is 3.62. The number of hydrogen-bond acceptors (Lipinski definition) is 7. The normalized spacial score (nSPS) is 27.9. The SMILES string of the molecule is COC(C)(O)[C@@](C)(OC)O[C@H]1C[C@H](C#N)CO[C@H]1OCc1ccccc1. The van der Waals surface area contributed by atoms with Crippen LogP contribution in [0, 0.1) is 17.2 Å². The van der Waals surface area contributed by atoms with Crippen molar-refractivity contribution in [3.8, 4) is 6.07 Å². The molecule has 0 saturated carbocycles. The van der Waals surface area contributed by atoms with Gasteiger partial charge in [-0.2, -0.15) is 5.26 Å². The summed E-state index contributed by atoms with van der Waals surface area (Å²) in [6, 6.07) is 11.9. The maximum Gasteiger partial charge on any atom is 0.220 e. The predicted octanol–water partition coefficient (Wildman–Crippen LogP) is 2.19. The van der Waals surface area contributed by atoms with Gasteiger partial charge in [-0.25, -0.2) is 0 Å². The van der Waals surface area contributed by atoms with Crippen LogP contribution in [0.25, 0.3) is 0 Å². The Morgan fingerprint density at radius 1 is 1.23 bits per heavy atom. The number of rotatable bonds is 8. The quantitative estimate of drug-likeness (QED) is 0.706. The number of ether oxygens (including phenoxy) is 5. The zero-order chi connectivity index (χ0) is 19.2. The van der Waals surface area contributed by atoms with Crippen molar-refractivity contribution in [2.45, 2.75) is 50.8 Å². The van der Waals surface area contributed by atoms with Gasteiger partial charge in [-0.05, 0) is 25.8 Å². The Morgan fingerprint density at radius 2 is 1.92 bits per heavy atom. The second kappa shape index (κ2) is 8.91. The molecule has 0 aliphatic carbocycles. The molecule has 7 heteroatoms. The van der Waals surface area contributed by atoms with Gasteiger partial charge in [0.25, 0.3) is 0 Å². The van der Waals surface area contributed by atoms with Crippen LogP contribution in [0.4, 0.5) is 0 Å². The molecule has 0 amide bonds. The first-order chi connectivity index (χ1) is 12.3. The highest BCUT2D eigenvalue weighted by Crippen LogP contribution is 2.34. The van der Waals surface area contributed by atoms with Crippen LogP contribution in [0.5, 0.6) is 0 Å². The molecule has 26 heavy (non-hydrogen) atoms. The van der Waals surface area contributed by atoms with Crippen LogP contribution in [0.1, 0.15) is 25.8 Å². The van der Waals surface area contributed by atoms with E-state index in [4.69, 9.17) is 23.7 Å². The Labute approximate surface area is 154 Å². The van der Waals surface area contributed by atoms with E-state index in [2.05, 4.69) is 6.07 Å². The molecule has 5 atom stereocenters. The van der Waals surface area contributed by atoms with Crippen LogP contribution < -0.4 is 0 Å². The summed E-state index contributed by atoms with van der Waals surface area (Å²) < 4.78 is 28.1. The molecule has 1 aliphatic heterocycles. The molecule has 144 valence electrons. The van der Waals surface area contributed by atoms with Crippen molar-refractivity contribution in [1.29, 1.82) is 5.26 Å². The summed E-state index contributed by atoms with van der Waals surface area (Å²) in [6.07, 6.45) is -0.903. The van der Waals surface area contributed by atoms with Gasteiger partial charge < -0.3 is 28.8 Å². The topological polar surface area (TPSA) is 90.2 Å². The molecule has 1 unspecified atom stereocenters.